The summed E-state index contributed by atoms with van der Waals surface area (Å²) in [4.78, 5) is 14.9. The second-order valence-corrected chi connectivity index (χ2v) is 8.81. The number of carbonyl (C=O) groups excluding carboxylic acids is 1. The van der Waals surface area contributed by atoms with Gasteiger partial charge < -0.3 is 10.4 Å². The van der Waals surface area contributed by atoms with Gasteiger partial charge in [-0.3, -0.25) is 14.4 Å². The van der Waals surface area contributed by atoms with Crippen LogP contribution >= 0.6 is 0 Å². The number of nitrogens with one attached hydrogen (secondary N) is 1. The number of rotatable bonds is 8. The molecule has 152 valence electrons. The molecule has 2 N–H and O–H groups in total. The van der Waals surface area contributed by atoms with Crippen LogP contribution in [0.3, 0.4) is 0 Å². The standard InChI is InChI=1S/C22H32N4O2/c1-22(2,3)19-12-20(25(4)24-19)23-21(28)14-26(18(15-27)17-10-11-17)13-16-8-6-5-7-9-16/h5-9,12,17-18,27H,10-11,13-15H2,1-4H3,(H,23,28)/t18-/m0/s1. The molecule has 0 radical (unpaired) electrons. The van der Waals surface area contributed by atoms with Crippen molar-refractivity contribution in [2.24, 2.45) is 13.0 Å². The SMILES string of the molecule is Cn1nc(C(C)(C)C)cc1NC(=O)CN(Cc1ccccc1)[C@@H](CO)C1CC1. The Bertz CT molecular complexity index is 791. The number of aryl methyl sites for hydroxylation is 1. The lowest BCUT2D eigenvalue weighted by molar-refractivity contribution is -0.118. The molecule has 1 fully saturated rings. The van der Waals surface area contributed by atoms with E-state index in [9.17, 15) is 9.90 Å². The van der Waals surface area contributed by atoms with Gasteiger partial charge in [-0.2, -0.15) is 5.10 Å². The molecule has 3 rings (SSSR count). The van der Waals surface area contributed by atoms with Crippen LogP contribution < -0.4 is 5.32 Å². The van der Waals surface area contributed by atoms with Crippen molar-refractivity contribution in [2.45, 2.75) is 51.6 Å². The first-order valence-electron chi connectivity index (χ1n) is 10.0. The fourth-order valence-electron chi connectivity index (χ4n) is 3.47. The number of aliphatic hydroxyl groups is 1. The number of hydrogen-bond acceptors (Lipinski definition) is 4. The molecule has 1 aromatic heterocycles. The molecule has 28 heavy (non-hydrogen) atoms. The van der Waals surface area contributed by atoms with Crippen LogP contribution in [0.1, 0.15) is 44.9 Å². The molecule has 1 amide bonds. The lowest BCUT2D eigenvalue weighted by Crippen LogP contribution is -2.43. The maximum atomic E-state index is 12.8. The number of anilines is 1. The zero-order chi connectivity index (χ0) is 20.3. The third-order valence-electron chi connectivity index (χ3n) is 5.31. The van der Waals surface area contributed by atoms with Crippen molar-refractivity contribution in [3.05, 3.63) is 47.7 Å². The van der Waals surface area contributed by atoms with Crippen molar-refractivity contribution in [3.8, 4) is 0 Å². The fourth-order valence-corrected chi connectivity index (χ4v) is 3.47. The van der Waals surface area contributed by atoms with E-state index in [4.69, 9.17) is 0 Å². The highest BCUT2D eigenvalue weighted by molar-refractivity contribution is 5.91. The van der Waals surface area contributed by atoms with Crippen LogP contribution in [0, 0.1) is 5.92 Å². The van der Waals surface area contributed by atoms with Gasteiger partial charge in [0, 0.05) is 31.1 Å². The Kier molecular flexibility index (Phi) is 6.20. The Morgan fingerprint density at radius 1 is 1.32 bits per heavy atom. The van der Waals surface area contributed by atoms with E-state index >= 15 is 0 Å². The van der Waals surface area contributed by atoms with Crippen molar-refractivity contribution >= 4 is 11.7 Å². The highest BCUT2D eigenvalue weighted by Gasteiger charge is 2.35. The lowest BCUT2D eigenvalue weighted by Gasteiger charge is -2.30. The first kappa shape index (κ1) is 20.6. The van der Waals surface area contributed by atoms with Crippen molar-refractivity contribution < 1.29 is 9.90 Å². The number of nitrogens with zero attached hydrogens (tertiary/aromatic N) is 3. The molecule has 0 spiro atoms. The van der Waals surface area contributed by atoms with Gasteiger partial charge in [0.15, 0.2) is 0 Å². The first-order chi connectivity index (χ1) is 13.3. The number of carbonyl (C=O) groups is 1. The third kappa shape index (κ3) is 5.20. The molecule has 1 atom stereocenters. The van der Waals surface area contributed by atoms with Crippen molar-refractivity contribution in [1.29, 1.82) is 0 Å². The van der Waals surface area contributed by atoms with E-state index in [1.54, 1.807) is 4.68 Å². The Hall–Kier alpha value is -2.18. The summed E-state index contributed by atoms with van der Waals surface area (Å²) in [5, 5.41) is 17.5. The second-order valence-electron chi connectivity index (χ2n) is 8.81. The van der Waals surface area contributed by atoms with Crippen LogP contribution in [0.15, 0.2) is 36.4 Å². The smallest absolute Gasteiger partial charge is 0.239 e. The minimum absolute atomic E-state index is 0.0163. The van der Waals surface area contributed by atoms with E-state index in [1.807, 2.05) is 31.3 Å². The molecule has 6 heteroatoms. The minimum atomic E-state index is -0.0847. The zero-order valence-electron chi connectivity index (χ0n) is 17.4. The summed E-state index contributed by atoms with van der Waals surface area (Å²) >= 11 is 0. The van der Waals surface area contributed by atoms with Gasteiger partial charge in [-0.1, -0.05) is 51.1 Å². The lowest BCUT2D eigenvalue weighted by atomic mass is 9.92. The molecule has 1 aliphatic carbocycles. The van der Waals surface area contributed by atoms with Gasteiger partial charge in [0.25, 0.3) is 0 Å². The van der Waals surface area contributed by atoms with Crippen LogP contribution in [-0.2, 0) is 23.8 Å². The molecule has 2 aromatic rings. The van der Waals surface area contributed by atoms with E-state index < -0.39 is 0 Å². The summed E-state index contributed by atoms with van der Waals surface area (Å²) in [6.45, 7) is 7.27. The predicted molar refractivity (Wildman–Crippen MR) is 111 cm³/mol. The average molecular weight is 385 g/mol. The van der Waals surface area contributed by atoms with Crippen LogP contribution in [0.25, 0.3) is 0 Å². The maximum Gasteiger partial charge on any atom is 0.239 e. The number of hydrogen-bond donors (Lipinski definition) is 2. The Morgan fingerprint density at radius 3 is 2.54 bits per heavy atom. The van der Waals surface area contributed by atoms with E-state index in [1.165, 1.54) is 0 Å². The molecule has 1 aliphatic rings. The zero-order valence-corrected chi connectivity index (χ0v) is 17.4. The number of aliphatic hydroxyl groups excluding tert-OH is 1. The second kappa shape index (κ2) is 8.45. The monoisotopic (exact) mass is 384 g/mol. The summed E-state index contributed by atoms with van der Waals surface area (Å²) < 4.78 is 1.71. The fraction of sp³-hybridized carbons (Fsp3) is 0.545. The van der Waals surface area contributed by atoms with Crippen LogP contribution in [0.4, 0.5) is 5.82 Å². The molecule has 1 saturated carbocycles. The molecule has 0 saturated heterocycles. The minimum Gasteiger partial charge on any atom is -0.395 e. The molecular weight excluding hydrogens is 352 g/mol. The van der Waals surface area contributed by atoms with Gasteiger partial charge in [0.05, 0.1) is 18.8 Å². The molecule has 0 unspecified atom stereocenters. The number of benzene rings is 1. The normalized spacial score (nSPS) is 15.6. The average Bonchev–Trinajstić information content (AvgIpc) is 3.39. The Morgan fingerprint density at radius 2 is 2.00 bits per heavy atom. The van der Waals surface area contributed by atoms with Crippen molar-refractivity contribution in [1.82, 2.24) is 14.7 Å². The van der Waals surface area contributed by atoms with E-state index in [2.05, 4.69) is 48.2 Å². The summed E-state index contributed by atoms with van der Waals surface area (Å²) in [5.41, 5.74) is 2.01. The predicted octanol–water partition coefficient (Wildman–Crippen LogP) is 2.93. The van der Waals surface area contributed by atoms with Crippen molar-refractivity contribution in [3.63, 3.8) is 0 Å². The van der Waals surface area contributed by atoms with Gasteiger partial charge in [-0.05, 0) is 24.3 Å². The molecule has 1 heterocycles. The van der Waals surface area contributed by atoms with E-state index in [-0.39, 0.29) is 30.5 Å². The molecule has 0 bridgehead atoms. The number of amides is 1. The van der Waals surface area contributed by atoms with Crippen LogP contribution in [-0.4, -0.2) is 44.9 Å². The van der Waals surface area contributed by atoms with E-state index in [0.29, 0.717) is 18.3 Å². The largest absolute Gasteiger partial charge is 0.395 e. The van der Waals surface area contributed by atoms with E-state index in [0.717, 1.165) is 24.1 Å². The van der Waals surface area contributed by atoms with Gasteiger partial charge in [-0.25, -0.2) is 0 Å². The maximum absolute atomic E-state index is 12.8. The summed E-state index contributed by atoms with van der Waals surface area (Å²) in [6.07, 6.45) is 2.24. The Labute approximate surface area is 167 Å². The molecule has 0 aliphatic heterocycles. The molecule has 1 aromatic carbocycles. The summed E-state index contributed by atoms with van der Waals surface area (Å²) in [7, 11) is 1.84. The van der Waals surface area contributed by atoms with Gasteiger partial charge in [0.2, 0.25) is 5.91 Å². The highest BCUT2D eigenvalue weighted by atomic mass is 16.3. The third-order valence-corrected chi connectivity index (χ3v) is 5.31. The molecular formula is C22H32N4O2. The van der Waals surface area contributed by atoms with Crippen molar-refractivity contribution in [2.75, 3.05) is 18.5 Å². The topological polar surface area (TPSA) is 70.4 Å². The Balaban J connectivity index is 1.71. The summed E-state index contributed by atoms with van der Waals surface area (Å²) in [5.74, 6) is 1.09. The van der Waals surface area contributed by atoms with Gasteiger partial charge >= 0.3 is 0 Å². The number of aromatic nitrogens is 2. The van der Waals surface area contributed by atoms with Crippen LogP contribution in [0.5, 0.6) is 0 Å². The first-order valence-corrected chi connectivity index (χ1v) is 10.0. The molecule has 6 nitrogen and oxygen atoms in total. The quantitative estimate of drug-likeness (QED) is 0.734. The van der Waals surface area contributed by atoms with Gasteiger partial charge in [0.1, 0.15) is 5.82 Å². The van der Waals surface area contributed by atoms with Crippen LogP contribution in [0.2, 0.25) is 0 Å². The van der Waals surface area contributed by atoms with Gasteiger partial charge in [-0.15, -0.1) is 0 Å². The summed E-state index contributed by atoms with van der Waals surface area (Å²) in [6, 6.07) is 12.1. The highest BCUT2D eigenvalue weighted by Crippen LogP contribution is 2.35.